The van der Waals surface area contributed by atoms with E-state index < -0.39 is 34.1 Å². The van der Waals surface area contributed by atoms with Crippen LogP contribution in [0, 0.1) is 0 Å². The maximum Gasteiger partial charge on any atom is 0.347 e. The van der Waals surface area contributed by atoms with Gasteiger partial charge in [-0.15, -0.1) is 0 Å². The quantitative estimate of drug-likeness (QED) is 0.672. The Morgan fingerprint density at radius 3 is 2.64 bits per heavy atom. The Kier molecular flexibility index (Phi) is 6.86. The molecule has 3 unspecified atom stereocenters. The highest BCUT2D eigenvalue weighted by Gasteiger charge is 2.37. The number of thioether (sulfide) groups is 1. The Hall–Kier alpha value is -1.58. The van der Waals surface area contributed by atoms with Crippen molar-refractivity contribution in [3.8, 4) is 0 Å². The molecule has 1 heterocycles. The first-order valence-corrected chi connectivity index (χ1v) is 10.7. The van der Waals surface area contributed by atoms with Gasteiger partial charge in [0.1, 0.15) is 12.1 Å². The number of benzene rings is 1. The summed E-state index contributed by atoms with van der Waals surface area (Å²) < 4.78 is 37.4. The highest BCUT2D eigenvalue weighted by atomic mass is 32.2. The molecule has 0 bridgehead atoms. The molecule has 0 radical (unpaired) electrons. The molecule has 0 amide bonds. The van der Waals surface area contributed by atoms with Crippen LogP contribution in [0.1, 0.15) is 19.8 Å². The molecule has 3 atom stereocenters. The molecule has 138 valence electrons. The summed E-state index contributed by atoms with van der Waals surface area (Å²) in [5, 5.41) is 0. The number of ether oxygens (including phenoxy) is 2. The maximum absolute atomic E-state index is 12.4. The Morgan fingerprint density at radius 1 is 1.40 bits per heavy atom. The minimum absolute atomic E-state index is 0.0610. The fraction of sp³-hybridized carbons (Fsp3) is 0.500. The van der Waals surface area contributed by atoms with E-state index in [1.807, 2.05) is 6.26 Å². The smallest absolute Gasteiger partial charge is 0.347 e. The van der Waals surface area contributed by atoms with Gasteiger partial charge in [-0.05, 0) is 37.5 Å². The topological polar surface area (TPSA) is 98.8 Å². The summed E-state index contributed by atoms with van der Waals surface area (Å²) in [6, 6.07) is 6.71. The Morgan fingerprint density at radius 2 is 2.08 bits per heavy atom. The second-order valence-corrected chi connectivity index (χ2v) is 8.38. The minimum Gasteiger partial charge on any atom is -0.460 e. The first kappa shape index (κ1) is 19.7. The fourth-order valence-corrected chi connectivity index (χ4v) is 4.07. The molecule has 0 aliphatic carbocycles. The summed E-state index contributed by atoms with van der Waals surface area (Å²) in [5.41, 5.74) is 0. The maximum atomic E-state index is 12.4. The van der Waals surface area contributed by atoms with Gasteiger partial charge in [-0.3, -0.25) is 4.79 Å². The highest BCUT2D eigenvalue weighted by Crippen LogP contribution is 2.19. The predicted molar refractivity (Wildman–Crippen MR) is 93.6 cm³/mol. The summed E-state index contributed by atoms with van der Waals surface area (Å²) in [6.45, 7) is 1.70. The molecule has 1 aromatic rings. The van der Waals surface area contributed by atoms with Crippen molar-refractivity contribution < 1.29 is 27.5 Å². The van der Waals surface area contributed by atoms with Gasteiger partial charge < -0.3 is 9.47 Å². The van der Waals surface area contributed by atoms with Crippen LogP contribution < -0.4 is 4.72 Å². The second kappa shape index (κ2) is 8.68. The summed E-state index contributed by atoms with van der Waals surface area (Å²) >= 11 is 1.48. The molecular weight excluding hydrogens is 366 g/mol. The van der Waals surface area contributed by atoms with Crippen molar-refractivity contribution >= 4 is 33.7 Å². The molecule has 0 spiro atoms. The van der Waals surface area contributed by atoms with Crippen LogP contribution in [-0.2, 0) is 29.1 Å². The van der Waals surface area contributed by atoms with Gasteiger partial charge in [-0.1, -0.05) is 18.2 Å². The molecule has 7 nitrogen and oxygen atoms in total. The summed E-state index contributed by atoms with van der Waals surface area (Å²) in [6.07, 6.45) is 1.06. The van der Waals surface area contributed by atoms with Gasteiger partial charge in [0.15, 0.2) is 0 Å². The lowest BCUT2D eigenvalue weighted by atomic mass is 10.2. The average Bonchev–Trinajstić information content (AvgIpc) is 2.89. The van der Waals surface area contributed by atoms with Crippen LogP contribution in [0.5, 0.6) is 0 Å². The van der Waals surface area contributed by atoms with Crippen molar-refractivity contribution in [3.05, 3.63) is 30.3 Å². The van der Waals surface area contributed by atoms with Crippen molar-refractivity contribution in [2.24, 2.45) is 0 Å². The van der Waals surface area contributed by atoms with E-state index in [1.54, 1.807) is 25.1 Å². The van der Waals surface area contributed by atoms with Crippen LogP contribution in [0.2, 0.25) is 0 Å². The molecule has 1 saturated heterocycles. The van der Waals surface area contributed by atoms with Crippen LogP contribution in [0.4, 0.5) is 0 Å². The largest absolute Gasteiger partial charge is 0.460 e. The van der Waals surface area contributed by atoms with E-state index in [-0.39, 0.29) is 23.8 Å². The van der Waals surface area contributed by atoms with Crippen molar-refractivity contribution in [1.29, 1.82) is 0 Å². The van der Waals surface area contributed by atoms with Crippen molar-refractivity contribution in [2.75, 3.05) is 12.0 Å². The van der Waals surface area contributed by atoms with Crippen molar-refractivity contribution in [3.63, 3.8) is 0 Å². The number of nitrogens with one attached hydrogen (secondary N) is 1. The summed E-state index contributed by atoms with van der Waals surface area (Å²) in [5.74, 6) is -0.817. The van der Waals surface area contributed by atoms with E-state index in [1.165, 1.54) is 23.9 Å². The zero-order valence-corrected chi connectivity index (χ0v) is 15.6. The van der Waals surface area contributed by atoms with E-state index in [2.05, 4.69) is 4.72 Å². The zero-order chi connectivity index (χ0) is 18.4. The molecule has 1 N–H and O–H groups in total. The first-order valence-electron chi connectivity index (χ1n) is 7.81. The molecular formula is C16H21NO6S2. The van der Waals surface area contributed by atoms with E-state index in [9.17, 15) is 18.0 Å². The van der Waals surface area contributed by atoms with Crippen LogP contribution >= 0.6 is 11.8 Å². The molecule has 9 heteroatoms. The van der Waals surface area contributed by atoms with Crippen LogP contribution in [-0.4, -0.2) is 50.6 Å². The Labute approximate surface area is 151 Å². The number of cyclic esters (lactones) is 1. The van der Waals surface area contributed by atoms with Gasteiger partial charge in [0, 0.05) is 6.42 Å². The number of carbonyl (C=O) groups is 2. The van der Waals surface area contributed by atoms with Gasteiger partial charge in [0.25, 0.3) is 0 Å². The normalized spacial score (nSPS) is 21.6. The van der Waals surface area contributed by atoms with E-state index in [4.69, 9.17) is 9.47 Å². The lowest BCUT2D eigenvalue weighted by molar-refractivity contribution is -0.162. The van der Waals surface area contributed by atoms with Crippen molar-refractivity contribution in [2.45, 2.75) is 42.9 Å². The predicted octanol–water partition coefficient (Wildman–Crippen LogP) is 1.33. The summed E-state index contributed by atoms with van der Waals surface area (Å²) in [4.78, 5) is 24.1. The minimum atomic E-state index is -3.87. The van der Waals surface area contributed by atoms with Gasteiger partial charge >= 0.3 is 11.9 Å². The second-order valence-electron chi connectivity index (χ2n) is 5.68. The van der Waals surface area contributed by atoms with Crippen LogP contribution in [0.25, 0.3) is 0 Å². The number of esters is 2. The fourth-order valence-electron chi connectivity index (χ4n) is 2.35. The molecule has 25 heavy (non-hydrogen) atoms. The molecule has 1 aliphatic heterocycles. The standard InChI is InChI=1S/C16H21NO6S2/c1-11-10-14(16(19)22-11)23-15(18)13(8-9-24-2)17-25(20,21)12-6-4-3-5-7-12/h3-7,11,13-14,17H,8-10H2,1-2H3. The molecule has 1 aliphatic rings. The van der Waals surface area contributed by atoms with E-state index in [0.29, 0.717) is 5.75 Å². The van der Waals surface area contributed by atoms with E-state index >= 15 is 0 Å². The SMILES string of the molecule is CSCCC(NS(=O)(=O)c1ccccc1)C(=O)OC1CC(C)OC1=O. The molecule has 0 saturated carbocycles. The summed E-state index contributed by atoms with van der Waals surface area (Å²) in [7, 11) is -3.87. The zero-order valence-electron chi connectivity index (χ0n) is 14.0. The molecule has 0 aromatic heterocycles. The molecule has 1 fully saturated rings. The monoisotopic (exact) mass is 387 g/mol. The lowest BCUT2D eigenvalue weighted by Gasteiger charge is -2.19. The Balaban J connectivity index is 2.10. The number of sulfonamides is 1. The average molecular weight is 387 g/mol. The third-order valence-corrected chi connectivity index (χ3v) is 5.76. The van der Waals surface area contributed by atoms with Gasteiger partial charge in [0.2, 0.25) is 16.1 Å². The first-order chi connectivity index (χ1) is 11.8. The molecule has 2 rings (SSSR count). The molecule has 1 aromatic carbocycles. The number of carbonyl (C=O) groups excluding carboxylic acids is 2. The van der Waals surface area contributed by atoms with Crippen LogP contribution in [0.3, 0.4) is 0 Å². The number of rotatable bonds is 8. The lowest BCUT2D eigenvalue weighted by Crippen LogP contribution is -2.43. The van der Waals surface area contributed by atoms with Gasteiger partial charge in [-0.25, -0.2) is 13.2 Å². The van der Waals surface area contributed by atoms with Crippen LogP contribution in [0.15, 0.2) is 35.2 Å². The third-order valence-electron chi connectivity index (χ3n) is 3.63. The Bertz CT molecular complexity index is 707. The number of hydrogen-bond acceptors (Lipinski definition) is 7. The van der Waals surface area contributed by atoms with Gasteiger partial charge in [0.05, 0.1) is 4.90 Å². The number of hydrogen-bond donors (Lipinski definition) is 1. The van der Waals surface area contributed by atoms with E-state index in [0.717, 1.165) is 0 Å². The van der Waals surface area contributed by atoms with Gasteiger partial charge in [-0.2, -0.15) is 16.5 Å². The van der Waals surface area contributed by atoms with Crippen molar-refractivity contribution in [1.82, 2.24) is 4.72 Å². The third kappa shape index (κ3) is 5.45. The highest BCUT2D eigenvalue weighted by molar-refractivity contribution is 7.98.